The van der Waals surface area contributed by atoms with E-state index < -0.39 is 29.5 Å². The van der Waals surface area contributed by atoms with Crippen molar-refractivity contribution in [2.24, 2.45) is 0 Å². The predicted octanol–water partition coefficient (Wildman–Crippen LogP) is 1.83. The van der Waals surface area contributed by atoms with Gasteiger partial charge in [-0.05, 0) is 30.3 Å². The molecule has 102 valence electrons. The van der Waals surface area contributed by atoms with Gasteiger partial charge in [0, 0.05) is 11.3 Å². The van der Waals surface area contributed by atoms with E-state index >= 15 is 0 Å². The maximum Gasteiger partial charge on any atom is 0.261 e. The van der Waals surface area contributed by atoms with Gasteiger partial charge in [0.05, 0.1) is 12.7 Å². The maximum absolute atomic E-state index is 13.3. The highest BCUT2D eigenvalue weighted by Gasteiger charge is 2.47. The van der Waals surface area contributed by atoms with Crippen LogP contribution in [-0.4, -0.2) is 16.8 Å². The van der Waals surface area contributed by atoms with Crippen LogP contribution >= 0.6 is 0 Å². The van der Waals surface area contributed by atoms with Crippen LogP contribution in [0, 0.1) is 5.82 Å². The van der Waals surface area contributed by atoms with Gasteiger partial charge in [0.15, 0.2) is 11.4 Å². The fraction of sp³-hybridized carbons (Fsp3) is 0.143. The van der Waals surface area contributed by atoms with Gasteiger partial charge in [-0.15, -0.1) is 0 Å². The number of aliphatic hydroxyl groups is 1. The lowest BCUT2D eigenvalue weighted by Gasteiger charge is -2.19. The van der Waals surface area contributed by atoms with E-state index in [4.69, 9.17) is 4.42 Å². The van der Waals surface area contributed by atoms with Gasteiger partial charge in [-0.3, -0.25) is 9.59 Å². The predicted molar refractivity (Wildman–Crippen MR) is 66.6 cm³/mol. The Balaban J connectivity index is 1.98. The smallest absolute Gasteiger partial charge is 0.261 e. The average Bonchev–Trinajstić information content (AvgIpc) is 3.00. The lowest BCUT2D eigenvalue weighted by Crippen LogP contribution is -2.36. The van der Waals surface area contributed by atoms with Crippen molar-refractivity contribution >= 4 is 17.4 Å². The molecule has 1 aromatic heterocycles. The summed E-state index contributed by atoms with van der Waals surface area (Å²) >= 11 is 0. The van der Waals surface area contributed by atoms with Crippen molar-refractivity contribution in [3.05, 3.63) is 53.7 Å². The molecular formula is C14H10FNO4. The minimum absolute atomic E-state index is 0.0380. The van der Waals surface area contributed by atoms with Crippen LogP contribution < -0.4 is 5.32 Å². The summed E-state index contributed by atoms with van der Waals surface area (Å²) in [6, 6.07) is 6.52. The zero-order chi connectivity index (χ0) is 14.3. The first-order valence-electron chi connectivity index (χ1n) is 5.91. The highest BCUT2D eigenvalue weighted by Crippen LogP contribution is 2.39. The molecule has 0 saturated carbocycles. The SMILES string of the molecule is O=C(C[C@@]1(O)C(=O)Nc2ccc(F)cc21)c1ccco1. The van der Waals surface area contributed by atoms with Gasteiger partial charge in [0.25, 0.3) is 5.91 Å². The van der Waals surface area contributed by atoms with Gasteiger partial charge >= 0.3 is 0 Å². The Morgan fingerprint density at radius 1 is 1.40 bits per heavy atom. The van der Waals surface area contributed by atoms with Crippen LogP contribution in [0.2, 0.25) is 0 Å². The molecule has 2 N–H and O–H groups in total. The molecule has 5 nitrogen and oxygen atoms in total. The molecule has 2 aromatic rings. The second kappa shape index (κ2) is 4.28. The topological polar surface area (TPSA) is 79.5 Å². The molecule has 0 saturated heterocycles. The normalized spacial score (nSPS) is 20.6. The molecule has 3 rings (SSSR count). The van der Waals surface area contributed by atoms with E-state index in [2.05, 4.69) is 5.32 Å². The number of ketones is 1. The van der Waals surface area contributed by atoms with Gasteiger partial charge in [-0.1, -0.05) is 0 Å². The molecule has 0 radical (unpaired) electrons. The maximum atomic E-state index is 13.3. The molecule has 0 bridgehead atoms. The quantitative estimate of drug-likeness (QED) is 0.837. The van der Waals surface area contributed by atoms with Crippen LogP contribution in [0.4, 0.5) is 10.1 Å². The lowest BCUT2D eigenvalue weighted by molar-refractivity contribution is -0.133. The highest BCUT2D eigenvalue weighted by molar-refractivity contribution is 6.08. The summed E-state index contributed by atoms with van der Waals surface area (Å²) in [6.07, 6.45) is 0.808. The second-order valence-electron chi connectivity index (χ2n) is 4.58. The van der Waals surface area contributed by atoms with E-state index in [0.29, 0.717) is 5.69 Å². The number of furan rings is 1. The molecule has 2 heterocycles. The van der Waals surface area contributed by atoms with E-state index in [9.17, 15) is 19.1 Å². The molecule has 20 heavy (non-hydrogen) atoms. The number of carbonyl (C=O) groups is 2. The Morgan fingerprint density at radius 2 is 2.20 bits per heavy atom. The molecule has 0 aliphatic carbocycles. The average molecular weight is 275 g/mol. The number of nitrogens with one attached hydrogen (secondary N) is 1. The summed E-state index contributed by atoms with van der Waals surface area (Å²) in [4.78, 5) is 23.9. The molecule has 0 unspecified atom stereocenters. The van der Waals surface area contributed by atoms with Crippen LogP contribution in [-0.2, 0) is 10.4 Å². The Kier molecular flexibility index (Phi) is 2.69. The summed E-state index contributed by atoms with van der Waals surface area (Å²) < 4.78 is 18.2. The minimum atomic E-state index is -2.08. The lowest BCUT2D eigenvalue weighted by atomic mass is 9.89. The summed E-state index contributed by atoms with van der Waals surface area (Å²) in [7, 11) is 0. The fourth-order valence-electron chi connectivity index (χ4n) is 2.25. The fourth-order valence-corrected chi connectivity index (χ4v) is 2.25. The molecule has 0 spiro atoms. The van der Waals surface area contributed by atoms with Gasteiger partial charge in [-0.2, -0.15) is 0 Å². The molecule has 1 atom stereocenters. The minimum Gasteiger partial charge on any atom is -0.461 e. The number of Topliss-reactive ketones (excluding diaryl/α,β-unsaturated/α-hetero) is 1. The second-order valence-corrected chi connectivity index (χ2v) is 4.58. The number of rotatable bonds is 3. The Labute approximate surface area is 113 Å². The molecule has 1 aromatic carbocycles. The Bertz CT molecular complexity index is 695. The van der Waals surface area contributed by atoms with E-state index in [1.165, 1.54) is 30.5 Å². The largest absolute Gasteiger partial charge is 0.461 e. The van der Waals surface area contributed by atoms with Crippen LogP contribution in [0.3, 0.4) is 0 Å². The van der Waals surface area contributed by atoms with Crippen molar-refractivity contribution in [1.82, 2.24) is 0 Å². The number of hydrogen-bond acceptors (Lipinski definition) is 4. The third-order valence-electron chi connectivity index (χ3n) is 3.26. The first-order valence-corrected chi connectivity index (χ1v) is 5.91. The zero-order valence-corrected chi connectivity index (χ0v) is 10.2. The van der Waals surface area contributed by atoms with Crippen molar-refractivity contribution in [2.45, 2.75) is 12.0 Å². The van der Waals surface area contributed by atoms with E-state index in [1.54, 1.807) is 0 Å². The van der Waals surface area contributed by atoms with Crippen molar-refractivity contribution in [1.29, 1.82) is 0 Å². The van der Waals surface area contributed by atoms with E-state index in [-0.39, 0.29) is 11.3 Å². The van der Waals surface area contributed by atoms with Crippen molar-refractivity contribution in [3.8, 4) is 0 Å². The number of fused-ring (bicyclic) bond motifs is 1. The number of benzene rings is 1. The molecule has 1 aliphatic heterocycles. The van der Waals surface area contributed by atoms with Crippen molar-refractivity contribution < 1.29 is 23.5 Å². The van der Waals surface area contributed by atoms with Crippen LogP contribution in [0.15, 0.2) is 41.0 Å². The van der Waals surface area contributed by atoms with Crippen molar-refractivity contribution in [2.75, 3.05) is 5.32 Å². The summed E-state index contributed by atoms with van der Waals surface area (Å²) in [6.45, 7) is 0. The third kappa shape index (κ3) is 1.81. The molecule has 1 amide bonds. The summed E-state index contributed by atoms with van der Waals surface area (Å²) in [5.41, 5.74) is -1.73. The van der Waals surface area contributed by atoms with Crippen molar-refractivity contribution in [3.63, 3.8) is 0 Å². The monoisotopic (exact) mass is 275 g/mol. The third-order valence-corrected chi connectivity index (χ3v) is 3.26. The van der Waals surface area contributed by atoms with Gasteiger partial charge in [0.2, 0.25) is 5.78 Å². The molecule has 0 fully saturated rings. The standard InChI is InChI=1S/C14H10FNO4/c15-8-3-4-10-9(6-8)14(19,13(18)16-10)7-11(17)12-2-1-5-20-12/h1-6,19H,7H2,(H,16,18)/t14-/m0/s1. The number of halogens is 1. The van der Waals surface area contributed by atoms with E-state index in [1.807, 2.05) is 0 Å². The molecular weight excluding hydrogens is 265 g/mol. The Morgan fingerprint density at radius 3 is 2.90 bits per heavy atom. The van der Waals surface area contributed by atoms with Gasteiger partial charge in [-0.25, -0.2) is 4.39 Å². The number of amides is 1. The highest BCUT2D eigenvalue weighted by atomic mass is 19.1. The first kappa shape index (κ1) is 12.6. The van der Waals surface area contributed by atoms with Gasteiger partial charge in [0.1, 0.15) is 5.82 Å². The number of carbonyl (C=O) groups excluding carboxylic acids is 2. The number of hydrogen-bond donors (Lipinski definition) is 2. The van der Waals surface area contributed by atoms with Crippen LogP contribution in [0.1, 0.15) is 22.5 Å². The summed E-state index contributed by atoms with van der Waals surface area (Å²) in [5.74, 6) is -1.84. The summed E-state index contributed by atoms with van der Waals surface area (Å²) in [5, 5.41) is 12.9. The van der Waals surface area contributed by atoms with Crippen LogP contribution in [0.5, 0.6) is 0 Å². The molecule has 6 heteroatoms. The zero-order valence-electron chi connectivity index (χ0n) is 10.2. The molecule has 1 aliphatic rings. The van der Waals surface area contributed by atoms with E-state index in [0.717, 1.165) is 6.07 Å². The first-order chi connectivity index (χ1) is 9.50. The van der Waals surface area contributed by atoms with Crippen LogP contribution in [0.25, 0.3) is 0 Å². The van der Waals surface area contributed by atoms with Gasteiger partial charge < -0.3 is 14.8 Å². The number of anilines is 1. The Hall–Kier alpha value is -2.47.